The highest BCUT2D eigenvalue weighted by molar-refractivity contribution is 9.10. The Morgan fingerprint density at radius 1 is 1.38 bits per heavy atom. The zero-order valence-corrected chi connectivity index (χ0v) is 11.1. The van der Waals surface area contributed by atoms with Crippen LogP contribution in [0.2, 0.25) is 0 Å². The van der Waals surface area contributed by atoms with Crippen molar-refractivity contribution in [1.82, 2.24) is 0 Å². The van der Waals surface area contributed by atoms with Crippen LogP contribution in [0.1, 0.15) is 24.5 Å². The van der Waals surface area contributed by atoms with Gasteiger partial charge in [-0.25, -0.2) is 0 Å². The van der Waals surface area contributed by atoms with Crippen LogP contribution in [-0.2, 0) is 4.74 Å². The van der Waals surface area contributed by atoms with E-state index in [0.29, 0.717) is 5.25 Å². The number of hydrogen-bond acceptors (Lipinski definition) is 3. The summed E-state index contributed by atoms with van der Waals surface area (Å²) in [5.41, 5.74) is 1.20. The quantitative estimate of drug-likeness (QED) is 0.777. The molecule has 0 N–H and O–H groups in total. The van der Waals surface area contributed by atoms with Gasteiger partial charge in [0, 0.05) is 16.3 Å². The molecule has 0 amide bonds. The average molecular weight is 298 g/mol. The number of hydrogen-bond donors (Lipinski definition) is 0. The lowest BCUT2D eigenvalue weighted by Crippen LogP contribution is -2.21. The summed E-state index contributed by atoms with van der Waals surface area (Å²) in [6.07, 6.45) is 2.05. The molecule has 1 aromatic carbocycles. The Labute approximate surface area is 108 Å². The number of ether oxygens (including phenoxy) is 1. The molecule has 84 valence electrons. The van der Waals surface area contributed by atoms with Crippen molar-refractivity contribution in [1.29, 1.82) is 5.26 Å². The molecule has 0 aromatic heterocycles. The maximum atomic E-state index is 8.68. The Hall–Kier alpha value is -0.500. The van der Waals surface area contributed by atoms with Gasteiger partial charge < -0.3 is 4.74 Å². The normalized spacial score (nSPS) is 25.0. The van der Waals surface area contributed by atoms with Gasteiger partial charge in [-0.15, -0.1) is 0 Å². The second-order valence-electron chi connectivity index (χ2n) is 3.77. The predicted octanol–water partition coefficient (Wildman–Crippen LogP) is 3.88. The fourth-order valence-corrected chi connectivity index (χ4v) is 2.76. The summed E-state index contributed by atoms with van der Waals surface area (Å²) in [7, 11) is 0. The van der Waals surface area contributed by atoms with Gasteiger partial charge in [0.05, 0.1) is 6.10 Å². The van der Waals surface area contributed by atoms with E-state index in [2.05, 4.69) is 33.5 Å². The number of nitrogens with zero attached hydrogens (tertiary/aromatic N) is 1. The molecule has 0 aliphatic carbocycles. The summed E-state index contributed by atoms with van der Waals surface area (Å²) >= 11 is 4.79. The molecule has 4 heteroatoms. The van der Waals surface area contributed by atoms with E-state index in [1.165, 1.54) is 17.3 Å². The van der Waals surface area contributed by atoms with Gasteiger partial charge in [0.1, 0.15) is 5.40 Å². The first-order valence-electron chi connectivity index (χ1n) is 5.21. The molecule has 0 saturated carbocycles. The first-order chi connectivity index (χ1) is 7.79. The number of rotatable bonds is 2. The first-order valence-corrected chi connectivity index (χ1v) is 6.88. The summed E-state index contributed by atoms with van der Waals surface area (Å²) in [6, 6.07) is 8.21. The fraction of sp³-hybridized carbons (Fsp3) is 0.417. The summed E-state index contributed by atoms with van der Waals surface area (Å²) in [4.78, 5) is 0. The van der Waals surface area contributed by atoms with Gasteiger partial charge in [0.25, 0.3) is 0 Å². The molecule has 16 heavy (non-hydrogen) atoms. The van der Waals surface area contributed by atoms with Crippen molar-refractivity contribution in [2.24, 2.45) is 0 Å². The van der Waals surface area contributed by atoms with Gasteiger partial charge in [0.15, 0.2) is 0 Å². The van der Waals surface area contributed by atoms with E-state index in [9.17, 15) is 0 Å². The molecule has 1 heterocycles. The summed E-state index contributed by atoms with van der Waals surface area (Å²) < 4.78 is 6.82. The molecule has 2 rings (SSSR count). The molecule has 1 saturated heterocycles. The van der Waals surface area contributed by atoms with Crippen molar-refractivity contribution < 1.29 is 4.74 Å². The van der Waals surface area contributed by atoms with E-state index in [0.717, 1.165) is 23.9 Å². The average Bonchev–Trinajstić information content (AvgIpc) is 2.31. The first kappa shape index (κ1) is 12.0. The zero-order chi connectivity index (χ0) is 11.4. The second kappa shape index (κ2) is 5.72. The fourth-order valence-electron chi connectivity index (χ4n) is 1.86. The molecule has 1 aromatic rings. The van der Waals surface area contributed by atoms with Gasteiger partial charge in [-0.05, 0) is 42.3 Å². The molecule has 0 spiro atoms. The molecule has 0 unspecified atom stereocenters. The number of benzene rings is 1. The third-order valence-electron chi connectivity index (χ3n) is 2.70. The van der Waals surface area contributed by atoms with Gasteiger partial charge in [-0.1, -0.05) is 28.1 Å². The van der Waals surface area contributed by atoms with Gasteiger partial charge in [0.2, 0.25) is 0 Å². The maximum absolute atomic E-state index is 8.68. The van der Waals surface area contributed by atoms with Crippen LogP contribution in [-0.4, -0.2) is 11.9 Å². The third kappa shape index (κ3) is 3.00. The van der Waals surface area contributed by atoms with Gasteiger partial charge in [-0.2, -0.15) is 5.26 Å². The number of thiocyanates is 1. The summed E-state index contributed by atoms with van der Waals surface area (Å²) in [5.74, 6) is 0. The molecule has 0 radical (unpaired) electrons. The standard InChI is InChI=1S/C12H12BrNOS/c13-10-3-1-9(2-4-10)12-7-11(16-8-14)5-6-15-12/h1-4,11-12H,5-7H2/t11-,12+/m0/s1. The van der Waals surface area contributed by atoms with Crippen molar-refractivity contribution in [3.8, 4) is 5.40 Å². The van der Waals surface area contributed by atoms with Crippen LogP contribution in [0, 0.1) is 10.7 Å². The van der Waals surface area contributed by atoms with Crippen LogP contribution in [0.25, 0.3) is 0 Å². The number of halogens is 1. The monoisotopic (exact) mass is 297 g/mol. The molecule has 1 fully saturated rings. The van der Waals surface area contributed by atoms with Crippen LogP contribution in [0.4, 0.5) is 0 Å². The number of nitriles is 1. The van der Waals surface area contributed by atoms with E-state index in [1.54, 1.807) is 0 Å². The molecular weight excluding hydrogens is 286 g/mol. The largest absolute Gasteiger partial charge is 0.373 e. The summed E-state index contributed by atoms with van der Waals surface area (Å²) in [5, 5.41) is 11.3. The van der Waals surface area contributed by atoms with Crippen molar-refractivity contribution in [2.75, 3.05) is 6.61 Å². The lowest BCUT2D eigenvalue weighted by molar-refractivity contribution is 0.0179. The predicted molar refractivity (Wildman–Crippen MR) is 69.1 cm³/mol. The van der Waals surface area contributed by atoms with E-state index >= 15 is 0 Å². The highest BCUT2D eigenvalue weighted by Crippen LogP contribution is 2.33. The van der Waals surface area contributed by atoms with Crippen LogP contribution >= 0.6 is 27.7 Å². The van der Waals surface area contributed by atoms with E-state index in [4.69, 9.17) is 10.00 Å². The Morgan fingerprint density at radius 3 is 2.81 bits per heavy atom. The Balaban J connectivity index is 2.04. The minimum absolute atomic E-state index is 0.146. The van der Waals surface area contributed by atoms with Crippen LogP contribution in [0.15, 0.2) is 28.7 Å². The highest BCUT2D eigenvalue weighted by Gasteiger charge is 2.24. The molecule has 0 bridgehead atoms. The van der Waals surface area contributed by atoms with Crippen LogP contribution in [0.3, 0.4) is 0 Å². The Morgan fingerprint density at radius 2 is 2.12 bits per heavy atom. The highest BCUT2D eigenvalue weighted by atomic mass is 79.9. The Bertz CT molecular complexity index is 387. The van der Waals surface area contributed by atoms with Crippen LogP contribution in [0.5, 0.6) is 0 Å². The lowest BCUT2D eigenvalue weighted by atomic mass is 10.0. The minimum Gasteiger partial charge on any atom is -0.373 e. The van der Waals surface area contributed by atoms with Crippen molar-refractivity contribution in [3.05, 3.63) is 34.3 Å². The van der Waals surface area contributed by atoms with Gasteiger partial charge >= 0.3 is 0 Å². The topological polar surface area (TPSA) is 33.0 Å². The molecular formula is C12H12BrNOS. The SMILES string of the molecule is N#CS[C@H]1CCO[C@@H](c2ccc(Br)cc2)C1. The van der Waals surface area contributed by atoms with E-state index in [1.807, 2.05) is 12.1 Å². The molecule has 1 aliphatic rings. The van der Waals surface area contributed by atoms with E-state index in [-0.39, 0.29) is 6.10 Å². The van der Waals surface area contributed by atoms with E-state index < -0.39 is 0 Å². The van der Waals surface area contributed by atoms with Crippen molar-refractivity contribution >= 4 is 27.7 Å². The van der Waals surface area contributed by atoms with Crippen molar-refractivity contribution in [2.45, 2.75) is 24.2 Å². The Kier molecular flexibility index (Phi) is 4.28. The second-order valence-corrected chi connectivity index (χ2v) is 5.77. The summed E-state index contributed by atoms with van der Waals surface area (Å²) in [6.45, 7) is 0.750. The zero-order valence-electron chi connectivity index (χ0n) is 8.73. The minimum atomic E-state index is 0.146. The molecule has 2 nitrogen and oxygen atoms in total. The smallest absolute Gasteiger partial charge is 0.133 e. The lowest BCUT2D eigenvalue weighted by Gasteiger charge is -2.27. The van der Waals surface area contributed by atoms with Crippen LogP contribution < -0.4 is 0 Å². The number of thioether (sulfide) groups is 1. The maximum Gasteiger partial charge on any atom is 0.133 e. The molecule has 1 aliphatic heterocycles. The van der Waals surface area contributed by atoms with Gasteiger partial charge in [-0.3, -0.25) is 0 Å². The van der Waals surface area contributed by atoms with Crippen molar-refractivity contribution in [3.63, 3.8) is 0 Å². The third-order valence-corrected chi connectivity index (χ3v) is 4.09. The molecule has 2 atom stereocenters.